The van der Waals surface area contributed by atoms with Crippen molar-refractivity contribution in [2.75, 3.05) is 5.73 Å². The van der Waals surface area contributed by atoms with Crippen LogP contribution in [0.4, 0.5) is 5.69 Å². The number of hydrogen-bond donors (Lipinski definition) is 2. The van der Waals surface area contributed by atoms with E-state index in [9.17, 15) is 4.79 Å². The summed E-state index contributed by atoms with van der Waals surface area (Å²) < 4.78 is 0. The molecule has 0 aliphatic rings. The van der Waals surface area contributed by atoms with Crippen molar-refractivity contribution < 1.29 is 4.79 Å². The van der Waals surface area contributed by atoms with Gasteiger partial charge in [-0.25, -0.2) is 0 Å². The van der Waals surface area contributed by atoms with Crippen molar-refractivity contribution in [3.63, 3.8) is 0 Å². The zero-order valence-electron chi connectivity index (χ0n) is 10.8. The highest BCUT2D eigenvalue weighted by Gasteiger charge is 2.10. The zero-order valence-corrected chi connectivity index (χ0v) is 12.4. The number of benzene rings is 1. The molecule has 2 aromatic rings. The maximum atomic E-state index is 12.0. The molecule has 0 saturated carbocycles. The predicted molar refractivity (Wildman–Crippen MR) is 80.8 cm³/mol. The molecule has 1 aromatic heterocycles. The number of carbonyl (C=O) groups excluding carboxylic acids is 1. The highest BCUT2D eigenvalue weighted by atomic mass is 35.5. The lowest BCUT2D eigenvalue weighted by Crippen LogP contribution is -2.23. The second-order valence-corrected chi connectivity index (χ2v) is 6.14. The molecule has 1 amide bonds. The number of thiophene rings is 1. The number of nitrogens with one attached hydrogen (secondary N) is 1. The van der Waals surface area contributed by atoms with Gasteiger partial charge < -0.3 is 11.1 Å². The van der Waals surface area contributed by atoms with Gasteiger partial charge in [-0.1, -0.05) is 11.6 Å². The SMILES string of the molecule is Cc1cc(CNC(=O)c2cc(Cl)ccc2N)sc1C. The lowest BCUT2D eigenvalue weighted by atomic mass is 10.1. The van der Waals surface area contributed by atoms with Gasteiger partial charge in [-0.3, -0.25) is 4.79 Å². The van der Waals surface area contributed by atoms with Crippen molar-refractivity contribution in [1.82, 2.24) is 5.32 Å². The highest BCUT2D eigenvalue weighted by molar-refractivity contribution is 7.12. The Balaban J connectivity index is 2.07. The summed E-state index contributed by atoms with van der Waals surface area (Å²) in [4.78, 5) is 14.4. The lowest BCUT2D eigenvalue weighted by Gasteiger charge is -2.07. The van der Waals surface area contributed by atoms with Gasteiger partial charge in [0.2, 0.25) is 0 Å². The summed E-state index contributed by atoms with van der Waals surface area (Å²) in [5.41, 5.74) is 7.86. The third-order valence-corrected chi connectivity index (χ3v) is 4.29. The number of carbonyl (C=O) groups is 1. The van der Waals surface area contributed by atoms with Crippen LogP contribution in [0.1, 0.15) is 25.7 Å². The number of halogens is 1. The molecule has 3 nitrogen and oxygen atoms in total. The number of nitrogen functional groups attached to an aromatic ring is 1. The maximum absolute atomic E-state index is 12.0. The lowest BCUT2D eigenvalue weighted by molar-refractivity contribution is 0.0952. The predicted octanol–water partition coefficient (Wildman–Crippen LogP) is 3.53. The van der Waals surface area contributed by atoms with Crippen molar-refractivity contribution >= 4 is 34.5 Å². The Kier molecular flexibility index (Phi) is 4.12. The Morgan fingerprint density at radius 1 is 1.37 bits per heavy atom. The third kappa shape index (κ3) is 3.28. The first-order valence-corrected chi connectivity index (χ1v) is 7.06. The molecule has 0 bridgehead atoms. The van der Waals surface area contributed by atoms with Crippen LogP contribution in [0.25, 0.3) is 0 Å². The number of anilines is 1. The summed E-state index contributed by atoms with van der Waals surface area (Å²) in [7, 11) is 0. The Labute approximate surface area is 121 Å². The molecule has 0 radical (unpaired) electrons. The van der Waals surface area contributed by atoms with Crippen molar-refractivity contribution in [2.45, 2.75) is 20.4 Å². The van der Waals surface area contributed by atoms with Crippen LogP contribution in [0.2, 0.25) is 5.02 Å². The summed E-state index contributed by atoms with van der Waals surface area (Å²) in [5.74, 6) is -0.205. The average Bonchev–Trinajstić information content (AvgIpc) is 2.69. The Hall–Kier alpha value is -1.52. The average molecular weight is 295 g/mol. The van der Waals surface area contributed by atoms with Crippen LogP contribution in [0.3, 0.4) is 0 Å². The Morgan fingerprint density at radius 3 is 2.74 bits per heavy atom. The van der Waals surface area contributed by atoms with E-state index in [0.717, 1.165) is 4.88 Å². The van der Waals surface area contributed by atoms with E-state index in [4.69, 9.17) is 17.3 Å². The largest absolute Gasteiger partial charge is 0.398 e. The van der Waals surface area contributed by atoms with E-state index in [-0.39, 0.29) is 5.91 Å². The van der Waals surface area contributed by atoms with Gasteiger partial charge in [-0.15, -0.1) is 11.3 Å². The summed E-state index contributed by atoms with van der Waals surface area (Å²) in [6, 6.07) is 6.97. The minimum Gasteiger partial charge on any atom is -0.398 e. The number of nitrogens with two attached hydrogens (primary N) is 1. The van der Waals surface area contributed by atoms with Crippen LogP contribution in [-0.2, 0) is 6.54 Å². The number of amides is 1. The van der Waals surface area contributed by atoms with Crippen molar-refractivity contribution in [3.05, 3.63) is 50.2 Å². The van der Waals surface area contributed by atoms with Crippen LogP contribution >= 0.6 is 22.9 Å². The number of rotatable bonds is 3. The van der Waals surface area contributed by atoms with Crippen LogP contribution in [0.5, 0.6) is 0 Å². The van der Waals surface area contributed by atoms with Crippen LogP contribution in [0.15, 0.2) is 24.3 Å². The molecule has 0 saturated heterocycles. The fourth-order valence-corrected chi connectivity index (χ4v) is 2.89. The molecule has 0 fully saturated rings. The van der Waals surface area contributed by atoms with Gasteiger partial charge in [0.1, 0.15) is 0 Å². The van der Waals surface area contributed by atoms with Crippen LogP contribution in [-0.4, -0.2) is 5.91 Å². The topological polar surface area (TPSA) is 55.1 Å². The monoisotopic (exact) mass is 294 g/mol. The van der Waals surface area contributed by atoms with Gasteiger partial charge in [0, 0.05) is 20.5 Å². The van der Waals surface area contributed by atoms with Crippen LogP contribution in [0, 0.1) is 13.8 Å². The molecule has 0 unspecified atom stereocenters. The first kappa shape index (κ1) is 13.9. The molecule has 0 aliphatic heterocycles. The molecular weight excluding hydrogens is 280 g/mol. The Morgan fingerprint density at radius 2 is 2.11 bits per heavy atom. The first-order chi connectivity index (χ1) is 8.97. The van der Waals surface area contributed by atoms with E-state index < -0.39 is 0 Å². The second kappa shape index (κ2) is 5.63. The van der Waals surface area contributed by atoms with E-state index >= 15 is 0 Å². The third-order valence-electron chi connectivity index (χ3n) is 2.90. The molecule has 19 heavy (non-hydrogen) atoms. The molecule has 1 aromatic carbocycles. The molecule has 5 heteroatoms. The van der Waals surface area contributed by atoms with Crippen molar-refractivity contribution in [1.29, 1.82) is 0 Å². The van der Waals surface area contributed by atoms with E-state index in [2.05, 4.69) is 25.2 Å². The quantitative estimate of drug-likeness (QED) is 0.851. The van der Waals surface area contributed by atoms with E-state index in [0.29, 0.717) is 22.8 Å². The first-order valence-electron chi connectivity index (χ1n) is 5.86. The standard InChI is InChI=1S/C14H15ClN2OS/c1-8-5-11(19-9(8)2)7-17-14(18)12-6-10(15)3-4-13(12)16/h3-6H,7,16H2,1-2H3,(H,17,18). The van der Waals surface area contributed by atoms with Gasteiger partial charge in [-0.05, 0) is 43.7 Å². The molecule has 2 rings (SSSR count). The van der Waals surface area contributed by atoms with E-state index in [1.54, 1.807) is 29.5 Å². The molecular formula is C14H15ClN2OS. The fourth-order valence-electron chi connectivity index (χ4n) is 1.72. The summed E-state index contributed by atoms with van der Waals surface area (Å²) in [5, 5.41) is 3.36. The smallest absolute Gasteiger partial charge is 0.253 e. The van der Waals surface area contributed by atoms with Gasteiger partial charge in [0.25, 0.3) is 5.91 Å². The normalized spacial score (nSPS) is 10.5. The second-order valence-electron chi connectivity index (χ2n) is 4.37. The fraction of sp³-hybridized carbons (Fsp3) is 0.214. The van der Waals surface area contributed by atoms with E-state index in [1.165, 1.54) is 10.4 Å². The number of aryl methyl sites for hydroxylation is 2. The highest BCUT2D eigenvalue weighted by Crippen LogP contribution is 2.21. The number of hydrogen-bond acceptors (Lipinski definition) is 3. The van der Waals surface area contributed by atoms with Crippen molar-refractivity contribution in [2.24, 2.45) is 0 Å². The van der Waals surface area contributed by atoms with Gasteiger partial charge in [0.05, 0.1) is 12.1 Å². The van der Waals surface area contributed by atoms with Gasteiger partial charge in [0.15, 0.2) is 0 Å². The van der Waals surface area contributed by atoms with Crippen molar-refractivity contribution in [3.8, 4) is 0 Å². The molecule has 0 aliphatic carbocycles. The molecule has 1 heterocycles. The van der Waals surface area contributed by atoms with Crippen LogP contribution < -0.4 is 11.1 Å². The molecule has 0 spiro atoms. The summed E-state index contributed by atoms with van der Waals surface area (Å²) in [6.07, 6.45) is 0. The van der Waals surface area contributed by atoms with Gasteiger partial charge in [-0.2, -0.15) is 0 Å². The molecule has 3 N–H and O–H groups in total. The zero-order chi connectivity index (χ0) is 14.0. The minimum atomic E-state index is -0.205. The minimum absolute atomic E-state index is 0.205. The summed E-state index contributed by atoms with van der Waals surface area (Å²) in [6.45, 7) is 4.64. The van der Waals surface area contributed by atoms with Gasteiger partial charge >= 0.3 is 0 Å². The Bertz CT molecular complexity index is 602. The summed E-state index contributed by atoms with van der Waals surface area (Å²) >= 11 is 7.56. The molecule has 0 atom stereocenters. The molecule has 100 valence electrons. The van der Waals surface area contributed by atoms with E-state index in [1.807, 2.05) is 0 Å². The maximum Gasteiger partial charge on any atom is 0.253 e.